The third kappa shape index (κ3) is 6.50. The van der Waals surface area contributed by atoms with Gasteiger partial charge in [-0.05, 0) is 42.7 Å². The predicted octanol–water partition coefficient (Wildman–Crippen LogP) is 2.29. The van der Waals surface area contributed by atoms with E-state index >= 15 is 0 Å². The molecule has 150 valence electrons. The van der Waals surface area contributed by atoms with Gasteiger partial charge in [-0.3, -0.25) is 4.79 Å². The minimum Gasteiger partial charge on any atom is -0.493 e. The van der Waals surface area contributed by atoms with Crippen molar-refractivity contribution >= 4 is 11.9 Å². The van der Waals surface area contributed by atoms with E-state index in [2.05, 4.69) is 5.32 Å². The molecule has 0 fully saturated rings. The molecule has 0 heterocycles. The van der Waals surface area contributed by atoms with Gasteiger partial charge in [-0.1, -0.05) is 24.3 Å². The van der Waals surface area contributed by atoms with Crippen LogP contribution in [0, 0.1) is 6.92 Å². The Bertz CT molecular complexity index is 805. The first-order chi connectivity index (χ1) is 13.5. The van der Waals surface area contributed by atoms with Crippen LogP contribution < -0.4 is 19.5 Å². The molecule has 0 aliphatic carbocycles. The molecule has 0 saturated heterocycles. The summed E-state index contributed by atoms with van der Waals surface area (Å²) in [5.41, 5.74) is 1.91. The molecular formula is C21H25NO6. The van der Waals surface area contributed by atoms with Crippen LogP contribution in [-0.2, 0) is 20.7 Å². The molecule has 0 spiro atoms. The molecule has 0 aliphatic rings. The van der Waals surface area contributed by atoms with Gasteiger partial charge in [0.2, 0.25) is 0 Å². The topological polar surface area (TPSA) is 83.1 Å². The maximum Gasteiger partial charge on any atom is 0.344 e. The number of nitrogens with one attached hydrogen (secondary N) is 1. The standard InChI is InChI=1S/C21H25NO6/c1-15-6-4-5-7-17(15)27-14-21(24)28-13-20(23)22-11-10-16-8-9-18(25-2)19(12-16)26-3/h4-9,12H,10-11,13-14H2,1-3H3,(H,22,23). The fourth-order valence-electron chi connectivity index (χ4n) is 2.48. The molecule has 2 rings (SSSR count). The first-order valence-electron chi connectivity index (χ1n) is 8.85. The number of para-hydroxylation sites is 1. The van der Waals surface area contributed by atoms with Gasteiger partial charge in [-0.2, -0.15) is 0 Å². The van der Waals surface area contributed by atoms with Gasteiger partial charge >= 0.3 is 5.97 Å². The normalized spacial score (nSPS) is 10.1. The lowest BCUT2D eigenvalue weighted by Gasteiger charge is -2.11. The van der Waals surface area contributed by atoms with Crippen LogP contribution in [0.15, 0.2) is 42.5 Å². The first-order valence-corrected chi connectivity index (χ1v) is 8.85. The molecule has 7 nitrogen and oxygen atoms in total. The number of hydrogen-bond donors (Lipinski definition) is 1. The quantitative estimate of drug-likeness (QED) is 0.630. The van der Waals surface area contributed by atoms with E-state index in [4.69, 9.17) is 18.9 Å². The first kappa shape index (κ1) is 21.1. The summed E-state index contributed by atoms with van der Waals surface area (Å²) in [5.74, 6) is 0.922. The minimum absolute atomic E-state index is 0.246. The van der Waals surface area contributed by atoms with Crippen molar-refractivity contribution in [2.24, 2.45) is 0 Å². The van der Waals surface area contributed by atoms with Crippen LogP contribution >= 0.6 is 0 Å². The number of esters is 1. The molecule has 0 unspecified atom stereocenters. The molecule has 7 heteroatoms. The Morgan fingerprint density at radius 3 is 2.39 bits per heavy atom. The van der Waals surface area contributed by atoms with Gasteiger partial charge in [-0.25, -0.2) is 4.79 Å². The third-order valence-electron chi connectivity index (χ3n) is 3.99. The van der Waals surface area contributed by atoms with Crippen molar-refractivity contribution in [3.05, 3.63) is 53.6 Å². The highest BCUT2D eigenvalue weighted by Crippen LogP contribution is 2.27. The molecular weight excluding hydrogens is 362 g/mol. The number of amides is 1. The Balaban J connectivity index is 1.67. The van der Waals surface area contributed by atoms with E-state index in [9.17, 15) is 9.59 Å². The molecule has 0 aliphatic heterocycles. The Kier molecular flexibility index (Phi) is 8.14. The molecule has 0 atom stereocenters. The lowest BCUT2D eigenvalue weighted by atomic mass is 10.1. The van der Waals surface area contributed by atoms with Gasteiger partial charge in [0.25, 0.3) is 5.91 Å². The van der Waals surface area contributed by atoms with Crippen LogP contribution in [-0.4, -0.2) is 45.9 Å². The lowest BCUT2D eigenvalue weighted by molar-refractivity contribution is -0.150. The van der Waals surface area contributed by atoms with Crippen molar-refractivity contribution in [1.29, 1.82) is 0 Å². The van der Waals surface area contributed by atoms with Crippen LogP contribution in [0.5, 0.6) is 17.2 Å². The van der Waals surface area contributed by atoms with Crippen molar-refractivity contribution in [3.8, 4) is 17.2 Å². The lowest BCUT2D eigenvalue weighted by Crippen LogP contribution is -2.31. The van der Waals surface area contributed by atoms with Gasteiger partial charge in [0, 0.05) is 6.54 Å². The molecule has 0 saturated carbocycles. The molecule has 1 amide bonds. The Morgan fingerprint density at radius 2 is 1.68 bits per heavy atom. The summed E-state index contributed by atoms with van der Waals surface area (Å²) in [7, 11) is 3.14. The summed E-state index contributed by atoms with van der Waals surface area (Å²) in [6.45, 7) is 1.70. The number of hydrogen-bond acceptors (Lipinski definition) is 6. The van der Waals surface area contributed by atoms with Crippen molar-refractivity contribution in [1.82, 2.24) is 5.32 Å². The fourth-order valence-corrected chi connectivity index (χ4v) is 2.48. The van der Waals surface area contributed by atoms with Crippen molar-refractivity contribution in [2.45, 2.75) is 13.3 Å². The molecule has 2 aromatic rings. The van der Waals surface area contributed by atoms with E-state index in [1.165, 1.54) is 0 Å². The maximum atomic E-state index is 11.8. The molecule has 28 heavy (non-hydrogen) atoms. The van der Waals surface area contributed by atoms with Crippen molar-refractivity contribution in [3.63, 3.8) is 0 Å². The van der Waals surface area contributed by atoms with E-state index in [0.29, 0.717) is 30.2 Å². The summed E-state index contributed by atoms with van der Waals surface area (Å²) >= 11 is 0. The second-order valence-corrected chi connectivity index (χ2v) is 6.00. The van der Waals surface area contributed by atoms with Crippen LogP contribution in [0.2, 0.25) is 0 Å². The minimum atomic E-state index is -0.599. The maximum absolute atomic E-state index is 11.8. The number of ether oxygens (including phenoxy) is 4. The summed E-state index contributed by atoms with van der Waals surface area (Å²) in [5, 5.41) is 2.71. The molecule has 0 radical (unpaired) electrons. The number of methoxy groups -OCH3 is 2. The van der Waals surface area contributed by atoms with Crippen LogP contribution in [0.1, 0.15) is 11.1 Å². The number of rotatable bonds is 10. The third-order valence-corrected chi connectivity index (χ3v) is 3.99. The zero-order chi connectivity index (χ0) is 20.4. The number of carbonyl (C=O) groups excluding carboxylic acids is 2. The van der Waals surface area contributed by atoms with E-state index in [1.807, 2.05) is 43.3 Å². The summed E-state index contributed by atoms with van der Waals surface area (Å²) in [4.78, 5) is 23.5. The van der Waals surface area contributed by atoms with E-state index in [-0.39, 0.29) is 19.1 Å². The highest BCUT2D eigenvalue weighted by atomic mass is 16.6. The average molecular weight is 387 g/mol. The molecule has 0 aromatic heterocycles. The van der Waals surface area contributed by atoms with Gasteiger partial charge in [0.1, 0.15) is 5.75 Å². The zero-order valence-electron chi connectivity index (χ0n) is 16.3. The van der Waals surface area contributed by atoms with Crippen molar-refractivity contribution in [2.75, 3.05) is 34.0 Å². The van der Waals surface area contributed by atoms with Gasteiger partial charge in [0.05, 0.1) is 14.2 Å². The Labute approximate surface area is 164 Å². The number of benzene rings is 2. The monoisotopic (exact) mass is 387 g/mol. The van der Waals surface area contributed by atoms with Crippen LogP contribution in [0.3, 0.4) is 0 Å². The van der Waals surface area contributed by atoms with Crippen LogP contribution in [0.25, 0.3) is 0 Å². The van der Waals surface area contributed by atoms with E-state index in [0.717, 1.165) is 11.1 Å². The van der Waals surface area contributed by atoms with Gasteiger partial charge < -0.3 is 24.3 Å². The van der Waals surface area contributed by atoms with E-state index in [1.54, 1.807) is 20.3 Å². The largest absolute Gasteiger partial charge is 0.493 e. The van der Waals surface area contributed by atoms with Gasteiger partial charge in [0.15, 0.2) is 24.7 Å². The molecule has 0 bridgehead atoms. The average Bonchev–Trinajstić information content (AvgIpc) is 2.71. The molecule has 1 N–H and O–H groups in total. The number of carbonyl (C=O) groups is 2. The zero-order valence-corrected chi connectivity index (χ0v) is 16.3. The summed E-state index contributed by atoms with van der Waals surface area (Å²) in [6.07, 6.45) is 0.608. The summed E-state index contributed by atoms with van der Waals surface area (Å²) in [6, 6.07) is 12.9. The van der Waals surface area contributed by atoms with Crippen molar-refractivity contribution < 1.29 is 28.5 Å². The second kappa shape index (κ2) is 10.8. The van der Waals surface area contributed by atoms with E-state index < -0.39 is 5.97 Å². The Morgan fingerprint density at radius 1 is 0.929 bits per heavy atom. The summed E-state index contributed by atoms with van der Waals surface area (Å²) < 4.78 is 20.7. The highest BCUT2D eigenvalue weighted by Gasteiger charge is 2.10. The Hall–Kier alpha value is -3.22. The van der Waals surface area contributed by atoms with Gasteiger partial charge in [-0.15, -0.1) is 0 Å². The highest BCUT2D eigenvalue weighted by molar-refractivity contribution is 5.80. The smallest absolute Gasteiger partial charge is 0.344 e. The second-order valence-electron chi connectivity index (χ2n) is 6.00. The SMILES string of the molecule is COc1ccc(CCNC(=O)COC(=O)COc2ccccc2C)cc1OC. The predicted molar refractivity (Wildman–Crippen MR) is 104 cm³/mol. The van der Waals surface area contributed by atoms with Crippen LogP contribution in [0.4, 0.5) is 0 Å². The fraction of sp³-hybridized carbons (Fsp3) is 0.333. The molecule has 2 aromatic carbocycles. The number of aryl methyl sites for hydroxylation is 1.